The van der Waals surface area contributed by atoms with Gasteiger partial charge in [0.2, 0.25) is 11.8 Å². The normalized spacial score (nSPS) is 19.9. The van der Waals surface area contributed by atoms with Crippen molar-refractivity contribution in [2.45, 2.75) is 44.8 Å². The third-order valence-electron chi connectivity index (χ3n) is 6.24. The quantitative estimate of drug-likeness (QED) is 0.301. The van der Waals surface area contributed by atoms with E-state index in [4.69, 9.17) is 4.74 Å². The highest BCUT2D eigenvalue weighted by Crippen LogP contribution is 2.20. The van der Waals surface area contributed by atoms with Crippen molar-refractivity contribution >= 4 is 17.8 Å². The molecule has 3 N–H and O–H groups in total. The monoisotopic (exact) mass is 511 g/mol. The van der Waals surface area contributed by atoms with Gasteiger partial charge in [0.25, 0.3) is 0 Å². The number of hydrazine groups is 2. The first-order valence-corrected chi connectivity index (χ1v) is 12.5. The minimum Gasteiger partial charge on any atom is -0.469 e. The minimum atomic E-state index is -0.768. The summed E-state index contributed by atoms with van der Waals surface area (Å²) in [5.41, 5.74) is 5.80. The fraction of sp³-hybridized carbons (Fsp3) is 0.444. The van der Waals surface area contributed by atoms with Crippen LogP contribution in [-0.4, -0.2) is 83.7 Å². The summed E-state index contributed by atoms with van der Waals surface area (Å²) < 4.78 is 4.70. The van der Waals surface area contributed by atoms with Gasteiger partial charge in [0, 0.05) is 32.8 Å². The van der Waals surface area contributed by atoms with Gasteiger partial charge < -0.3 is 20.1 Å². The number of esters is 1. The summed E-state index contributed by atoms with van der Waals surface area (Å²) >= 11 is 0. The Kier molecular flexibility index (Phi) is 10.3. The maximum Gasteiger partial charge on any atom is 0.311 e. The summed E-state index contributed by atoms with van der Waals surface area (Å²) in [6.07, 6.45) is 8.89. The van der Waals surface area contributed by atoms with Crippen molar-refractivity contribution in [2.75, 3.05) is 33.8 Å². The number of nitrogens with zero attached hydrogens (tertiary/aromatic N) is 3. The second-order valence-electron chi connectivity index (χ2n) is 9.11. The van der Waals surface area contributed by atoms with Crippen LogP contribution in [0.2, 0.25) is 0 Å². The van der Waals surface area contributed by atoms with Crippen LogP contribution in [0, 0.1) is 0 Å². The van der Waals surface area contributed by atoms with Crippen LogP contribution in [0.25, 0.3) is 0 Å². The number of carbonyl (C=O) groups is 3. The molecular weight excluding hydrogens is 474 g/mol. The molecule has 1 aromatic carbocycles. The van der Waals surface area contributed by atoms with E-state index in [1.54, 1.807) is 23.3 Å². The average molecular weight is 512 g/mol. The average Bonchev–Trinajstić information content (AvgIpc) is 3.44. The zero-order valence-corrected chi connectivity index (χ0v) is 21.7. The molecule has 0 spiro atoms. The molecule has 37 heavy (non-hydrogen) atoms. The Bertz CT molecular complexity index is 1040. The lowest BCUT2D eigenvalue weighted by atomic mass is 10.1. The van der Waals surface area contributed by atoms with E-state index in [9.17, 15) is 19.5 Å². The van der Waals surface area contributed by atoms with Gasteiger partial charge in [-0.3, -0.25) is 24.4 Å². The Hall–Kier alpha value is -3.63. The van der Waals surface area contributed by atoms with Crippen molar-refractivity contribution in [3.05, 3.63) is 71.6 Å². The number of β-amino-alcohol motifs (C(OH)–C–C–N with tert-alkyl or cyclic N) is 1. The van der Waals surface area contributed by atoms with Crippen molar-refractivity contribution in [3.8, 4) is 0 Å². The van der Waals surface area contributed by atoms with Crippen LogP contribution in [0.1, 0.15) is 31.7 Å². The second-order valence-corrected chi connectivity index (χ2v) is 9.11. The van der Waals surface area contributed by atoms with Gasteiger partial charge in [-0.2, -0.15) is 0 Å². The lowest BCUT2D eigenvalue weighted by molar-refractivity contribution is -0.140. The molecule has 0 saturated carbocycles. The van der Waals surface area contributed by atoms with Gasteiger partial charge in [-0.05, 0) is 24.0 Å². The van der Waals surface area contributed by atoms with Gasteiger partial charge in [0.05, 0.1) is 25.3 Å². The van der Waals surface area contributed by atoms with Crippen LogP contribution in [0.3, 0.4) is 0 Å². The highest BCUT2D eigenvalue weighted by Gasteiger charge is 2.39. The predicted octanol–water partition coefficient (Wildman–Crippen LogP) is 1.27. The minimum absolute atomic E-state index is 0.0608. The van der Waals surface area contributed by atoms with Crippen molar-refractivity contribution in [1.29, 1.82) is 0 Å². The van der Waals surface area contributed by atoms with Crippen LogP contribution in [0.5, 0.6) is 0 Å². The molecule has 1 unspecified atom stereocenters. The SMILES string of the molecule is CC/C=C(\C=C/Cc1ccccc1)CNC(=O)[C@@H]1CC(O)CN1C(=O)CN1C=C(CC(=O)OC)N(C)N1. The summed E-state index contributed by atoms with van der Waals surface area (Å²) in [6.45, 7) is 2.41. The number of aliphatic hydroxyl groups excluding tert-OH is 1. The Balaban J connectivity index is 1.56. The molecule has 1 saturated heterocycles. The smallest absolute Gasteiger partial charge is 0.311 e. The van der Waals surface area contributed by atoms with Crippen LogP contribution >= 0.6 is 0 Å². The van der Waals surface area contributed by atoms with E-state index in [1.165, 1.54) is 17.6 Å². The molecular formula is C27H37N5O5. The molecule has 10 heteroatoms. The molecule has 1 aromatic rings. The molecule has 1 fully saturated rings. The first-order chi connectivity index (χ1) is 17.8. The Morgan fingerprint density at radius 2 is 2.00 bits per heavy atom. The van der Waals surface area contributed by atoms with E-state index in [-0.39, 0.29) is 43.7 Å². The van der Waals surface area contributed by atoms with Crippen molar-refractivity contribution < 1.29 is 24.2 Å². The largest absolute Gasteiger partial charge is 0.469 e. The van der Waals surface area contributed by atoms with E-state index in [2.05, 4.69) is 35.1 Å². The van der Waals surface area contributed by atoms with Crippen LogP contribution in [0.4, 0.5) is 0 Å². The number of rotatable bonds is 11. The van der Waals surface area contributed by atoms with Gasteiger partial charge in [0.1, 0.15) is 12.6 Å². The maximum atomic E-state index is 13.1. The number of nitrogens with one attached hydrogen (secondary N) is 2. The summed E-state index contributed by atoms with van der Waals surface area (Å²) in [6, 6.07) is 9.38. The number of allylic oxidation sites excluding steroid dienone is 2. The molecule has 200 valence electrons. The van der Waals surface area contributed by atoms with Crippen LogP contribution in [-0.2, 0) is 25.5 Å². The zero-order chi connectivity index (χ0) is 26.8. The van der Waals surface area contributed by atoms with Crippen LogP contribution in [0.15, 0.2) is 66.0 Å². The zero-order valence-electron chi connectivity index (χ0n) is 21.7. The molecule has 2 amide bonds. The summed E-state index contributed by atoms with van der Waals surface area (Å²) in [4.78, 5) is 39.1. The Labute approximate surface area is 218 Å². The van der Waals surface area contributed by atoms with Gasteiger partial charge in [-0.25, -0.2) is 0 Å². The van der Waals surface area contributed by atoms with Crippen LogP contribution < -0.4 is 10.9 Å². The van der Waals surface area contributed by atoms with Gasteiger partial charge >= 0.3 is 5.97 Å². The molecule has 2 atom stereocenters. The number of hydrogen-bond donors (Lipinski definition) is 3. The maximum absolute atomic E-state index is 13.1. The molecule has 3 rings (SSSR count). The fourth-order valence-corrected chi connectivity index (χ4v) is 4.32. The number of carbonyl (C=O) groups excluding carboxylic acids is 3. The first-order valence-electron chi connectivity index (χ1n) is 12.5. The summed E-state index contributed by atoms with van der Waals surface area (Å²) in [5.74, 6) is -0.990. The second kappa shape index (κ2) is 13.6. The highest BCUT2D eigenvalue weighted by atomic mass is 16.5. The predicted molar refractivity (Wildman–Crippen MR) is 139 cm³/mol. The molecule has 0 aromatic heterocycles. The number of ether oxygens (including phenoxy) is 1. The molecule has 0 aliphatic carbocycles. The number of methoxy groups -OCH3 is 1. The van der Waals surface area contributed by atoms with Gasteiger partial charge in [-0.1, -0.05) is 55.5 Å². The van der Waals surface area contributed by atoms with E-state index in [0.29, 0.717) is 12.2 Å². The van der Waals surface area contributed by atoms with E-state index in [0.717, 1.165) is 18.4 Å². The van der Waals surface area contributed by atoms with Gasteiger partial charge in [0.15, 0.2) is 0 Å². The molecule has 0 radical (unpaired) electrons. The van der Waals surface area contributed by atoms with Crippen molar-refractivity contribution in [3.63, 3.8) is 0 Å². The third kappa shape index (κ3) is 8.19. The standard InChI is InChI=1S/C27H37N5O5/c1-4-9-21(13-8-12-20-10-6-5-7-11-20)16-28-27(36)24-15-23(33)18-32(24)25(34)19-31-17-22(30(2)29-31)14-26(35)37-3/h5-11,13,17,23-24,29,33H,4,12,14-16,18-19H2,1-3H3,(H,28,36)/b13-8-,21-9+/t23?,24-/m0/s1. The number of amides is 2. The fourth-order valence-electron chi connectivity index (χ4n) is 4.32. The van der Waals surface area contributed by atoms with Gasteiger partial charge in [-0.15, -0.1) is 5.53 Å². The number of likely N-dealkylation sites (tertiary alicyclic amines) is 1. The molecule has 2 aliphatic heterocycles. The highest BCUT2D eigenvalue weighted by molar-refractivity contribution is 5.89. The van der Waals surface area contributed by atoms with E-state index in [1.807, 2.05) is 31.2 Å². The number of benzene rings is 1. The Morgan fingerprint density at radius 1 is 1.24 bits per heavy atom. The molecule has 2 heterocycles. The van der Waals surface area contributed by atoms with Crippen molar-refractivity contribution in [2.24, 2.45) is 0 Å². The third-order valence-corrected chi connectivity index (χ3v) is 6.24. The summed E-state index contributed by atoms with van der Waals surface area (Å²) in [5, 5.41) is 16.3. The van der Waals surface area contributed by atoms with E-state index >= 15 is 0 Å². The van der Waals surface area contributed by atoms with Crippen molar-refractivity contribution in [1.82, 2.24) is 25.8 Å². The molecule has 10 nitrogen and oxygen atoms in total. The number of hydrogen-bond acceptors (Lipinski definition) is 8. The first kappa shape index (κ1) is 27.9. The molecule has 0 bridgehead atoms. The topological polar surface area (TPSA) is 114 Å². The molecule has 2 aliphatic rings. The Morgan fingerprint density at radius 3 is 2.70 bits per heavy atom. The lowest BCUT2D eigenvalue weighted by Gasteiger charge is -2.27. The number of aliphatic hydroxyl groups is 1. The lowest BCUT2D eigenvalue weighted by Crippen LogP contribution is -2.50. The summed E-state index contributed by atoms with van der Waals surface area (Å²) in [7, 11) is 3.04. The van der Waals surface area contributed by atoms with E-state index < -0.39 is 12.1 Å².